The minimum absolute atomic E-state index is 0.0407. The third-order valence-electron chi connectivity index (χ3n) is 8.82. The van der Waals surface area contributed by atoms with Crippen molar-refractivity contribution in [3.05, 3.63) is 12.2 Å². The number of esters is 1. The molecule has 5 heteroatoms. The minimum Gasteiger partial charge on any atom is -0.481 e. The van der Waals surface area contributed by atoms with Gasteiger partial charge in [0.15, 0.2) is 0 Å². The van der Waals surface area contributed by atoms with E-state index in [2.05, 4.69) is 6.92 Å². The summed E-state index contributed by atoms with van der Waals surface area (Å²) in [4.78, 5) is 25.3. The SMILES string of the molecule is CCC[C@@H]1C[C@]23C[C@@]1(O)CC[C@H]2C12CC=C[C@@](C)(C(=O)O1)[C@H]2[C@@H]3C(=O)O. The van der Waals surface area contributed by atoms with E-state index in [4.69, 9.17) is 4.74 Å². The van der Waals surface area contributed by atoms with E-state index >= 15 is 0 Å². The number of hydrogen-bond donors (Lipinski definition) is 2. The number of carbonyl (C=O) groups excluding carboxylic acids is 1. The highest BCUT2D eigenvalue weighted by Crippen LogP contribution is 2.78. The summed E-state index contributed by atoms with van der Waals surface area (Å²) in [6.45, 7) is 3.98. The number of carbonyl (C=O) groups is 2. The van der Waals surface area contributed by atoms with E-state index in [1.165, 1.54) is 0 Å². The van der Waals surface area contributed by atoms with Crippen LogP contribution in [0.2, 0.25) is 0 Å². The molecule has 4 aliphatic carbocycles. The second-order valence-corrected chi connectivity index (χ2v) is 9.82. The average molecular weight is 360 g/mol. The highest BCUT2D eigenvalue weighted by Gasteiger charge is 2.82. The van der Waals surface area contributed by atoms with Crippen molar-refractivity contribution in [2.75, 3.05) is 0 Å². The Kier molecular flexibility index (Phi) is 3.05. The Bertz CT molecular complexity index is 730. The monoisotopic (exact) mass is 360 g/mol. The van der Waals surface area contributed by atoms with Crippen molar-refractivity contribution in [1.29, 1.82) is 0 Å². The summed E-state index contributed by atoms with van der Waals surface area (Å²) >= 11 is 0. The van der Waals surface area contributed by atoms with Crippen molar-refractivity contribution >= 4 is 11.9 Å². The maximum Gasteiger partial charge on any atom is 0.316 e. The molecule has 142 valence electrons. The van der Waals surface area contributed by atoms with Gasteiger partial charge < -0.3 is 14.9 Å². The maximum atomic E-state index is 12.7. The predicted octanol–water partition coefficient (Wildman–Crippen LogP) is 2.92. The summed E-state index contributed by atoms with van der Waals surface area (Å²) in [6.07, 6.45) is 9.23. The Morgan fingerprint density at radius 2 is 2.19 bits per heavy atom. The van der Waals surface area contributed by atoms with Crippen molar-refractivity contribution in [3.63, 3.8) is 0 Å². The molecule has 0 aromatic carbocycles. The molecule has 1 heterocycles. The molecular weight excluding hydrogens is 332 g/mol. The number of ether oxygens (including phenoxy) is 1. The average Bonchev–Trinajstić information content (AvgIpc) is 2.97. The molecule has 0 aromatic heterocycles. The number of rotatable bonds is 3. The Morgan fingerprint density at radius 3 is 2.88 bits per heavy atom. The highest BCUT2D eigenvalue weighted by atomic mass is 16.6. The van der Waals surface area contributed by atoms with E-state index in [0.29, 0.717) is 19.3 Å². The zero-order valence-corrected chi connectivity index (χ0v) is 15.5. The molecule has 1 unspecified atom stereocenters. The standard InChI is InChI=1S/C21H28O5/c1-3-5-12-10-19-11-20(12,25)9-6-13(19)21-8-4-7-18(2,17(24)26-21)15(21)14(19)16(22)23/h4,7,12-15,25H,3,5-6,8-11H2,1-2H3,(H,22,23)/t12-,13-,14-,15-,18-,19+,20+,21?/m1/s1. The molecule has 1 saturated heterocycles. The largest absolute Gasteiger partial charge is 0.481 e. The molecule has 0 radical (unpaired) electrons. The van der Waals surface area contributed by atoms with Crippen molar-refractivity contribution in [3.8, 4) is 0 Å². The van der Waals surface area contributed by atoms with Gasteiger partial charge >= 0.3 is 11.9 Å². The lowest BCUT2D eigenvalue weighted by Crippen LogP contribution is -2.47. The van der Waals surface area contributed by atoms with Gasteiger partial charge in [0.1, 0.15) is 5.60 Å². The number of carboxylic acids is 1. The summed E-state index contributed by atoms with van der Waals surface area (Å²) in [5.74, 6) is -1.82. The first-order valence-corrected chi connectivity index (χ1v) is 10.1. The van der Waals surface area contributed by atoms with Gasteiger partial charge in [-0.2, -0.15) is 0 Å². The van der Waals surface area contributed by atoms with Gasteiger partial charge in [-0.05, 0) is 50.4 Å². The van der Waals surface area contributed by atoms with Gasteiger partial charge in [0.25, 0.3) is 0 Å². The van der Waals surface area contributed by atoms with Crippen LogP contribution in [0.15, 0.2) is 12.2 Å². The smallest absolute Gasteiger partial charge is 0.316 e. The van der Waals surface area contributed by atoms with Crippen LogP contribution in [0.4, 0.5) is 0 Å². The van der Waals surface area contributed by atoms with Crippen LogP contribution in [0.3, 0.4) is 0 Å². The van der Waals surface area contributed by atoms with Crippen molar-refractivity contribution < 1.29 is 24.5 Å². The Balaban J connectivity index is 1.69. The number of aliphatic carboxylic acids is 1. The summed E-state index contributed by atoms with van der Waals surface area (Å²) in [6, 6.07) is 0. The fraction of sp³-hybridized carbons (Fsp3) is 0.810. The second kappa shape index (κ2) is 4.73. The van der Waals surface area contributed by atoms with Crippen LogP contribution in [-0.4, -0.2) is 33.4 Å². The lowest BCUT2D eigenvalue weighted by molar-refractivity contribution is -0.162. The number of carboxylic acid groups (broad SMARTS) is 1. The summed E-state index contributed by atoms with van der Waals surface area (Å²) in [5.41, 5.74) is -2.74. The van der Waals surface area contributed by atoms with Crippen LogP contribution in [0.25, 0.3) is 0 Å². The van der Waals surface area contributed by atoms with E-state index in [1.807, 2.05) is 19.1 Å². The molecular formula is C21H28O5. The first-order valence-electron chi connectivity index (χ1n) is 10.1. The predicted molar refractivity (Wildman–Crippen MR) is 93.0 cm³/mol. The molecule has 8 atom stereocenters. The van der Waals surface area contributed by atoms with Gasteiger partial charge in [-0.25, -0.2) is 0 Å². The van der Waals surface area contributed by atoms with E-state index in [1.54, 1.807) is 0 Å². The Hall–Kier alpha value is -1.36. The topological polar surface area (TPSA) is 83.8 Å². The fourth-order valence-electron chi connectivity index (χ4n) is 8.17. The van der Waals surface area contributed by atoms with Crippen molar-refractivity contribution in [2.24, 2.45) is 34.5 Å². The lowest BCUT2D eigenvalue weighted by atomic mass is 9.62. The van der Waals surface area contributed by atoms with E-state index < -0.39 is 33.9 Å². The van der Waals surface area contributed by atoms with Crippen LogP contribution >= 0.6 is 0 Å². The van der Waals surface area contributed by atoms with E-state index in [0.717, 1.165) is 25.7 Å². The molecule has 4 fully saturated rings. The lowest BCUT2D eigenvalue weighted by Gasteiger charge is -2.45. The summed E-state index contributed by atoms with van der Waals surface area (Å²) in [5, 5.41) is 21.6. The summed E-state index contributed by atoms with van der Waals surface area (Å²) in [7, 11) is 0. The molecule has 0 amide bonds. The molecule has 2 N–H and O–H groups in total. The number of fused-ring (bicyclic) bond motifs is 1. The Labute approximate surface area is 153 Å². The van der Waals surface area contributed by atoms with Crippen LogP contribution in [0.1, 0.15) is 58.8 Å². The maximum absolute atomic E-state index is 12.7. The molecule has 5 rings (SSSR count). The molecule has 5 nitrogen and oxygen atoms in total. The first-order chi connectivity index (χ1) is 12.2. The van der Waals surface area contributed by atoms with Gasteiger partial charge in [0.2, 0.25) is 0 Å². The Morgan fingerprint density at radius 1 is 1.42 bits per heavy atom. The molecule has 5 aliphatic rings. The third kappa shape index (κ3) is 1.59. The van der Waals surface area contributed by atoms with Crippen LogP contribution < -0.4 is 0 Å². The van der Waals surface area contributed by atoms with Gasteiger partial charge in [-0.1, -0.05) is 25.5 Å². The molecule has 1 spiro atoms. The molecule has 3 saturated carbocycles. The highest BCUT2D eigenvalue weighted by molar-refractivity contribution is 5.86. The molecule has 4 bridgehead atoms. The van der Waals surface area contributed by atoms with Crippen LogP contribution in [0.5, 0.6) is 0 Å². The number of hydrogen-bond acceptors (Lipinski definition) is 4. The van der Waals surface area contributed by atoms with Crippen molar-refractivity contribution in [1.82, 2.24) is 0 Å². The zero-order chi connectivity index (χ0) is 18.5. The van der Waals surface area contributed by atoms with Gasteiger partial charge in [0, 0.05) is 18.3 Å². The third-order valence-corrected chi connectivity index (χ3v) is 8.82. The second-order valence-electron chi connectivity index (χ2n) is 9.82. The van der Waals surface area contributed by atoms with Crippen LogP contribution in [-0.2, 0) is 14.3 Å². The molecule has 0 aromatic rings. The minimum atomic E-state index is -0.853. The van der Waals surface area contributed by atoms with Gasteiger partial charge in [-0.3, -0.25) is 9.59 Å². The first kappa shape index (κ1) is 16.8. The normalized spacial score (nSPS) is 56.2. The van der Waals surface area contributed by atoms with Gasteiger partial charge in [0.05, 0.1) is 16.9 Å². The molecule has 26 heavy (non-hydrogen) atoms. The van der Waals surface area contributed by atoms with Gasteiger partial charge in [-0.15, -0.1) is 0 Å². The van der Waals surface area contributed by atoms with Crippen molar-refractivity contribution in [2.45, 2.75) is 70.0 Å². The van der Waals surface area contributed by atoms with E-state index in [-0.39, 0.29) is 23.7 Å². The zero-order valence-electron chi connectivity index (χ0n) is 15.5. The summed E-state index contributed by atoms with van der Waals surface area (Å²) < 4.78 is 6.08. The fourth-order valence-corrected chi connectivity index (χ4v) is 8.17. The van der Waals surface area contributed by atoms with Crippen LogP contribution in [0, 0.1) is 34.5 Å². The molecule has 1 aliphatic heterocycles. The number of aliphatic hydroxyl groups is 1. The van der Waals surface area contributed by atoms with E-state index in [9.17, 15) is 19.8 Å². The quantitative estimate of drug-likeness (QED) is 0.597.